The van der Waals surface area contributed by atoms with Crippen LogP contribution in [-0.2, 0) is 0 Å². The Morgan fingerprint density at radius 2 is 0.607 bits per heavy atom. The monoisotopic (exact) mass is 713 g/mol. The van der Waals surface area contributed by atoms with E-state index in [0.29, 0.717) is 17.5 Å². The van der Waals surface area contributed by atoms with Gasteiger partial charge in [-0.15, -0.1) is 0 Å². The van der Waals surface area contributed by atoms with Crippen molar-refractivity contribution in [3.8, 4) is 78.7 Å². The number of aromatic nitrogens is 3. The quantitative estimate of drug-likeness (QED) is 0.165. The molecule has 0 radical (unpaired) electrons. The molecule has 0 bridgehead atoms. The summed E-state index contributed by atoms with van der Waals surface area (Å²) in [5.41, 5.74) is 11.9. The highest BCUT2D eigenvalue weighted by atomic mass is 15.0. The summed E-state index contributed by atoms with van der Waals surface area (Å²) in [6.07, 6.45) is 0. The lowest BCUT2D eigenvalue weighted by molar-refractivity contribution is 1.07. The molecule has 9 aromatic carbocycles. The Balaban J connectivity index is 1.17. The predicted octanol–water partition coefficient (Wildman–Crippen LogP) is 13.8. The van der Waals surface area contributed by atoms with E-state index in [4.69, 9.17) is 15.0 Å². The maximum absolute atomic E-state index is 5.30. The second-order valence-corrected chi connectivity index (χ2v) is 14.0. The Kier molecular flexibility index (Phi) is 8.51. The summed E-state index contributed by atoms with van der Waals surface area (Å²) in [5.74, 6) is 1.87. The lowest BCUT2D eigenvalue weighted by atomic mass is 9.91. The number of hydrogen-bond donors (Lipinski definition) is 0. The molecule has 0 unspecified atom stereocenters. The van der Waals surface area contributed by atoms with Gasteiger partial charge < -0.3 is 0 Å². The van der Waals surface area contributed by atoms with Gasteiger partial charge in [0.2, 0.25) is 0 Å². The average molecular weight is 714 g/mol. The van der Waals surface area contributed by atoms with Crippen LogP contribution in [0.3, 0.4) is 0 Å². The van der Waals surface area contributed by atoms with Crippen LogP contribution in [0.4, 0.5) is 0 Å². The molecule has 3 nitrogen and oxygen atoms in total. The van der Waals surface area contributed by atoms with Crippen molar-refractivity contribution in [2.45, 2.75) is 0 Å². The third kappa shape index (κ3) is 6.31. The third-order valence-corrected chi connectivity index (χ3v) is 10.5. The van der Waals surface area contributed by atoms with E-state index in [1.165, 1.54) is 27.3 Å². The molecule has 1 heterocycles. The fraction of sp³-hybridized carbons (Fsp3) is 0. The van der Waals surface area contributed by atoms with E-state index in [1.54, 1.807) is 0 Å². The van der Waals surface area contributed by atoms with Gasteiger partial charge in [0.1, 0.15) is 0 Å². The smallest absolute Gasteiger partial charge is 0.164 e. The molecular formula is C53H35N3. The Bertz CT molecular complexity index is 3010. The van der Waals surface area contributed by atoms with Crippen LogP contribution in [-0.4, -0.2) is 15.0 Å². The largest absolute Gasteiger partial charge is 0.208 e. The molecule has 0 N–H and O–H groups in total. The van der Waals surface area contributed by atoms with Gasteiger partial charge in [0.25, 0.3) is 0 Å². The Hall–Kier alpha value is -7.49. The van der Waals surface area contributed by atoms with Crippen LogP contribution in [0.2, 0.25) is 0 Å². The third-order valence-electron chi connectivity index (χ3n) is 10.5. The first-order valence-corrected chi connectivity index (χ1v) is 18.9. The van der Waals surface area contributed by atoms with Crippen molar-refractivity contribution in [3.63, 3.8) is 0 Å². The van der Waals surface area contributed by atoms with Crippen molar-refractivity contribution >= 4 is 21.5 Å². The van der Waals surface area contributed by atoms with E-state index in [0.717, 1.165) is 55.5 Å². The molecule has 0 aliphatic rings. The minimum absolute atomic E-state index is 0.620. The van der Waals surface area contributed by atoms with Gasteiger partial charge in [-0.3, -0.25) is 0 Å². The molecule has 0 aliphatic heterocycles. The van der Waals surface area contributed by atoms with Gasteiger partial charge in [-0.1, -0.05) is 188 Å². The van der Waals surface area contributed by atoms with Gasteiger partial charge in [0.15, 0.2) is 17.5 Å². The number of hydrogen-bond acceptors (Lipinski definition) is 3. The Labute approximate surface area is 326 Å². The first-order valence-electron chi connectivity index (χ1n) is 18.9. The van der Waals surface area contributed by atoms with Gasteiger partial charge >= 0.3 is 0 Å². The zero-order chi connectivity index (χ0) is 37.3. The van der Waals surface area contributed by atoms with E-state index in [-0.39, 0.29) is 0 Å². The predicted molar refractivity (Wildman–Crippen MR) is 233 cm³/mol. The fourth-order valence-corrected chi connectivity index (χ4v) is 7.75. The zero-order valence-corrected chi connectivity index (χ0v) is 30.5. The second-order valence-electron chi connectivity index (χ2n) is 14.0. The molecule has 0 amide bonds. The summed E-state index contributed by atoms with van der Waals surface area (Å²) >= 11 is 0. The molecule has 1 aromatic heterocycles. The van der Waals surface area contributed by atoms with E-state index in [2.05, 4.69) is 206 Å². The fourth-order valence-electron chi connectivity index (χ4n) is 7.75. The Morgan fingerprint density at radius 3 is 1.20 bits per heavy atom. The van der Waals surface area contributed by atoms with Crippen molar-refractivity contribution in [2.75, 3.05) is 0 Å². The highest BCUT2D eigenvalue weighted by molar-refractivity contribution is 6.05. The topological polar surface area (TPSA) is 38.7 Å². The number of benzene rings is 9. The first kappa shape index (κ1) is 33.1. The van der Waals surface area contributed by atoms with Crippen molar-refractivity contribution in [2.24, 2.45) is 0 Å². The second kappa shape index (κ2) is 14.4. The standard InChI is InChI=1S/C53H35N3/c1-4-16-36(17-5-1)39-24-14-26-43(32-39)51-54-52(56-53(55-51)50-35-41-23-11-10-22-40(41)34-49(50)38-20-8-3-9-21-38)44-27-15-25-42(33-44)46-31-30-45(37-18-6-2-7-19-37)47-28-12-13-29-48(46)47/h1-35H. The zero-order valence-electron chi connectivity index (χ0n) is 30.5. The summed E-state index contributed by atoms with van der Waals surface area (Å²) in [7, 11) is 0. The lowest BCUT2D eigenvalue weighted by Crippen LogP contribution is -2.01. The van der Waals surface area contributed by atoms with Crippen LogP contribution in [0.1, 0.15) is 0 Å². The van der Waals surface area contributed by atoms with Crippen molar-refractivity contribution in [3.05, 3.63) is 212 Å². The van der Waals surface area contributed by atoms with Crippen molar-refractivity contribution in [1.29, 1.82) is 0 Å². The van der Waals surface area contributed by atoms with Crippen molar-refractivity contribution < 1.29 is 0 Å². The van der Waals surface area contributed by atoms with Crippen LogP contribution >= 0.6 is 0 Å². The number of fused-ring (bicyclic) bond motifs is 2. The SMILES string of the molecule is c1ccc(-c2cccc(-c3nc(-c4cccc(-c5ccc(-c6ccccc6)c6ccccc56)c4)nc(-c4cc5ccccc5cc4-c4ccccc4)n3)c2)cc1. The summed E-state index contributed by atoms with van der Waals surface area (Å²) < 4.78 is 0. The molecule has 10 rings (SSSR count). The molecule has 0 aliphatic carbocycles. The highest BCUT2D eigenvalue weighted by Crippen LogP contribution is 2.39. The van der Waals surface area contributed by atoms with E-state index in [9.17, 15) is 0 Å². The van der Waals surface area contributed by atoms with Crippen LogP contribution in [0.15, 0.2) is 212 Å². The summed E-state index contributed by atoms with van der Waals surface area (Å²) in [4.78, 5) is 15.8. The first-order chi connectivity index (χ1) is 27.7. The summed E-state index contributed by atoms with van der Waals surface area (Å²) in [6.45, 7) is 0. The molecule has 0 spiro atoms. The summed E-state index contributed by atoms with van der Waals surface area (Å²) in [5, 5.41) is 4.71. The molecular weight excluding hydrogens is 679 g/mol. The molecule has 0 fully saturated rings. The van der Waals surface area contributed by atoms with Crippen molar-refractivity contribution in [1.82, 2.24) is 15.0 Å². The maximum atomic E-state index is 5.30. The molecule has 56 heavy (non-hydrogen) atoms. The summed E-state index contributed by atoms with van der Waals surface area (Å²) in [6, 6.07) is 74.7. The minimum Gasteiger partial charge on any atom is -0.208 e. The van der Waals surface area contributed by atoms with Gasteiger partial charge in [-0.2, -0.15) is 0 Å². The van der Waals surface area contributed by atoms with Gasteiger partial charge in [0.05, 0.1) is 0 Å². The molecule has 262 valence electrons. The lowest BCUT2D eigenvalue weighted by Gasteiger charge is -2.15. The normalized spacial score (nSPS) is 11.2. The molecule has 0 saturated heterocycles. The molecule has 3 heteroatoms. The van der Waals surface area contributed by atoms with Crippen LogP contribution in [0.25, 0.3) is 100 Å². The highest BCUT2D eigenvalue weighted by Gasteiger charge is 2.18. The van der Waals surface area contributed by atoms with Gasteiger partial charge in [0, 0.05) is 16.7 Å². The molecule has 10 aromatic rings. The number of nitrogens with zero attached hydrogens (tertiary/aromatic N) is 3. The van der Waals surface area contributed by atoms with Crippen LogP contribution in [0, 0.1) is 0 Å². The van der Waals surface area contributed by atoms with Gasteiger partial charge in [-0.05, 0) is 90.3 Å². The van der Waals surface area contributed by atoms with E-state index >= 15 is 0 Å². The molecule has 0 saturated carbocycles. The van der Waals surface area contributed by atoms with E-state index in [1.807, 2.05) is 6.07 Å². The Morgan fingerprint density at radius 1 is 0.214 bits per heavy atom. The average Bonchev–Trinajstić information content (AvgIpc) is 3.29. The van der Waals surface area contributed by atoms with Crippen LogP contribution in [0.5, 0.6) is 0 Å². The van der Waals surface area contributed by atoms with Gasteiger partial charge in [-0.25, -0.2) is 15.0 Å². The minimum atomic E-state index is 0.620. The van der Waals surface area contributed by atoms with Crippen LogP contribution < -0.4 is 0 Å². The molecule has 0 atom stereocenters. The number of rotatable bonds is 7. The van der Waals surface area contributed by atoms with E-state index < -0.39 is 0 Å². The maximum Gasteiger partial charge on any atom is 0.164 e.